The number of benzene rings is 1. The molecule has 1 aromatic rings. The van der Waals surface area contributed by atoms with Crippen LogP contribution in [0.2, 0.25) is 5.02 Å². The van der Waals surface area contributed by atoms with Gasteiger partial charge in [-0.05, 0) is 37.1 Å². The summed E-state index contributed by atoms with van der Waals surface area (Å²) in [4.78, 5) is 0.0996. The van der Waals surface area contributed by atoms with Crippen molar-refractivity contribution < 1.29 is 13.6 Å². The first kappa shape index (κ1) is 16.1. The van der Waals surface area contributed by atoms with Crippen molar-refractivity contribution >= 4 is 27.5 Å². The molecule has 0 spiro atoms. The lowest BCUT2D eigenvalue weighted by Crippen LogP contribution is -2.58. The summed E-state index contributed by atoms with van der Waals surface area (Å²) in [5.74, 6) is -0.0975. The van der Waals surface area contributed by atoms with E-state index in [0.717, 1.165) is 19.3 Å². The molecular weight excluding hydrogens is 314 g/mol. The Hall–Kier alpha value is -1.31. The molecule has 0 atom stereocenters. The number of hydrogen-bond donors (Lipinski definition) is 3. The van der Waals surface area contributed by atoms with Crippen molar-refractivity contribution in [3.05, 3.63) is 29.3 Å². The smallest absolute Gasteiger partial charge is 0.241 e. The lowest BCUT2D eigenvalue weighted by Gasteiger charge is -2.36. The van der Waals surface area contributed by atoms with E-state index in [4.69, 9.17) is 22.5 Å². The molecular formula is C13H18ClN3O3S. The van der Waals surface area contributed by atoms with E-state index in [1.54, 1.807) is 0 Å². The Balaban J connectivity index is 2.33. The van der Waals surface area contributed by atoms with Crippen molar-refractivity contribution in [2.45, 2.75) is 42.5 Å². The van der Waals surface area contributed by atoms with E-state index >= 15 is 0 Å². The fourth-order valence-electron chi connectivity index (χ4n) is 2.59. The molecule has 1 aromatic carbocycles. The quantitative estimate of drug-likeness (QED) is 0.340. The van der Waals surface area contributed by atoms with E-state index in [1.165, 1.54) is 24.3 Å². The summed E-state index contributed by atoms with van der Waals surface area (Å²) in [6.45, 7) is 0. The fraction of sp³-hybridized carbons (Fsp3) is 0.462. The molecule has 116 valence electrons. The highest BCUT2D eigenvalue weighted by Crippen LogP contribution is 2.30. The zero-order valence-corrected chi connectivity index (χ0v) is 13.0. The third-order valence-corrected chi connectivity index (χ3v) is 5.56. The standard InChI is InChI=1S/C13H18ClN3O3S/c14-10-4-6-11(7-5-10)21(19,20)17-13(12(15)16-18)8-2-1-3-9-13/h4-7,17-18H,1-3,8-9H2,(H2,15,16). The summed E-state index contributed by atoms with van der Waals surface area (Å²) in [7, 11) is -3.77. The molecule has 0 aliphatic heterocycles. The van der Waals surface area contributed by atoms with Crippen molar-refractivity contribution in [2.75, 3.05) is 0 Å². The first-order chi connectivity index (χ1) is 9.89. The van der Waals surface area contributed by atoms with Crippen molar-refractivity contribution in [2.24, 2.45) is 10.9 Å². The average molecular weight is 332 g/mol. The number of nitrogens with zero attached hydrogens (tertiary/aromatic N) is 1. The van der Waals surface area contributed by atoms with E-state index in [1.807, 2.05) is 0 Å². The van der Waals surface area contributed by atoms with Gasteiger partial charge in [0.15, 0.2) is 5.84 Å². The van der Waals surface area contributed by atoms with Crippen LogP contribution in [0, 0.1) is 0 Å². The van der Waals surface area contributed by atoms with Crippen molar-refractivity contribution in [1.82, 2.24) is 4.72 Å². The lowest BCUT2D eigenvalue weighted by atomic mass is 9.82. The van der Waals surface area contributed by atoms with E-state index in [-0.39, 0.29) is 10.7 Å². The van der Waals surface area contributed by atoms with Gasteiger partial charge < -0.3 is 10.9 Å². The maximum Gasteiger partial charge on any atom is 0.241 e. The summed E-state index contributed by atoms with van der Waals surface area (Å²) >= 11 is 5.77. The zero-order chi connectivity index (χ0) is 15.5. The van der Waals surface area contributed by atoms with Crippen LogP contribution in [-0.4, -0.2) is 25.0 Å². The number of rotatable bonds is 4. The summed E-state index contributed by atoms with van der Waals surface area (Å²) in [6, 6.07) is 5.86. The molecule has 21 heavy (non-hydrogen) atoms. The number of sulfonamides is 1. The van der Waals surface area contributed by atoms with Crippen LogP contribution in [0.4, 0.5) is 0 Å². The van der Waals surface area contributed by atoms with Crippen LogP contribution in [-0.2, 0) is 10.0 Å². The first-order valence-corrected chi connectivity index (χ1v) is 8.53. The van der Waals surface area contributed by atoms with Gasteiger partial charge in [-0.25, -0.2) is 8.42 Å². The van der Waals surface area contributed by atoms with Crippen LogP contribution in [0.3, 0.4) is 0 Å². The maximum atomic E-state index is 12.5. The Bertz CT molecular complexity index is 623. The van der Waals surface area contributed by atoms with Crippen molar-refractivity contribution in [1.29, 1.82) is 0 Å². The van der Waals surface area contributed by atoms with Crippen molar-refractivity contribution in [3.63, 3.8) is 0 Å². The molecule has 0 amide bonds. The second kappa shape index (κ2) is 6.21. The van der Waals surface area contributed by atoms with E-state index < -0.39 is 15.6 Å². The van der Waals surface area contributed by atoms with Crippen LogP contribution < -0.4 is 10.5 Å². The maximum absolute atomic E-state index is 12.5. The van der Waals surface area contributed by atoms with Gasteiger partial charge in [-0.15, -0.1) is 0 Å². The Labute approximate surface area is 129 Å². The normalized spacial score (nSPS) is 19.4. The number of oxime groups is 1. The van der Waals surface area contributed by atoms with Gasteiger partial charge in [0.1, 0.15) is 0 Å². The largest absolute Gasteiger partial charge is 0.409 e. The molecule has 0 radical (unpaired) electrons. The minimum atomic E-state index is -3.77. The average Bonchev–Trinajstić information content (AvgIpc) is 2.47. The number of hydrogen-bond acceptors (Lipinski definition) is 4. The summed E-state index contributed by atoms with van der Waals surface area (Å²) in [5.41, 5.74) is 4.72. The van der Waals surface area contributed by atoms with Gasteiger partial charge in [0, 0.05) is 5.02 Å². The molecule has 2 rings (SSSR count). The molecule has 0 heterocycles. The summed E-state index contributed by atoms with van der Waals surface area (Å²) in [5, 5.41) is 12.4. The Morgan fingerprint density at radius 2 is 1.81 bits per heavy atom. The number of nitrogens with two attached hydrogens (primary N) is 1. The highest BCUT2D eigenvalue weighted by Gasteiger charge is 2.40. The topological polar surface area (TPSA) is 105 Å². The molecule has 1 saturated carbocycles. The minimum Gasteiger partial charge on any atom is -0.409 e. The van der Waals surface area contributed by atoms with Crippen LogP contribution >= 0.6 is 11.6 Å². The molecule has 0 saturated heterocycles. The van der Waals surface area contributed by atoms with Gasteiger partial charge in [-0.2, -0.15) is 4.72 Å². The van der Waals surface area contributed by atoms with Gasteiger partial charge in [0.25, 0.3) is 0 Å². The Morgan fingerprint density at radius 3 is 2.33 bits per heavy atom. The van der Waals surface area contributed by atoms with E-state index in [2.05, 4.69) is 9.88 Å². The van der Waals surface area contributed by atoms with Gasteiger partial charge in [-0.3, -0.25) is 0 Å². The van der Waals surface area contributed by atoms with Crippen molar-refractivity contribution in [3.8, 4) is 0 Å². The van der Waals surface area contributed by atoms with Gasteiger partial charge in [-0.1, -0.05) is 36.0 Å². The molecule has 1 fully saturated rings. The summed E-state index contributed by atoms with van der Waals surface area (Å²) < 4.78 is 27.6. The lowest BCUT2D eigenvalue weighted by molar-refractivity contribution is 0.294. The van der Waals surface area contributed by atoms with Gasteiger partial charge >= 0.3 is 0 Å². The molecule has 0 aromatic heterocycles. The number of halogens is 1. The predicted octanol–water partition coefficient (Wildman–Crippen LogP) is 2.07. The van der Waals surface area contributed by atoms with E-state index in [0.29, 0.717) is 17.9 Å². The molecule has 1 aliphatic carbocycles. The molecule has 8 heteroatoms. The van der Waals surface area contributed by atoms with Gasteiger partial charge in [0.2, 0.25) is 10.0 Å². The second-order valence-corrected chi connectivity index (χ2v) is 7.31. The first-order valence-electron chi connectivity index (χ1n) is 6.67. The highest BCUT2D eigenvalue weighted by atomic mass is 35.5. The molecule has 1 aliphatic rings. The van der Waals surface area contributed by atoms with Crippen LogP contribution in [0.5, 0.6) is 0 Å². The third kappa shape index (κ3) is 3.48. The number of nitrogens with one attached hydrogen (secondary N) is 1. The zero-order valence-electron chi connectivity index (χ0n) is 11.4. The molecule has 0 bridgehead atoms. The fourth-order valence-corrected chi connectivity index (χ4v) is 4.15. The molecule has 4 N–H and O–H groups in total. The van der Waals surface area contributed by atoms with Crippen LogP contribution in [0.15, 0.2) is 34.3 Å². The molecule has 6 nitrogen and oxygen atoms in total. The highest BCUT2D eigenvalue weighted by molar-refractivity contribution is 7.89. The van der Waals surface area contributed by atoms with Gasteiger partial charge in [0.05, 0.1) is 10.4 Å². The van der Waals surface area contributed by atoms with Crippen LogP contribution in [0.25, 0.3) is 0 Å². The van der Waals surface area contributed by atoms with E-state index in [9.17, 15) is 8.42 Å². The predicted molar refractivity (Wildman–Crippen MR) is 81.0 cm³/mol. The monoisotopic (exact) mass is 331 g/mol. The Morgan fingerprint density at radius 1 is 1.24 bits per heavy atom. The minimum absolute atomic E-state index is 0.0975. The third-order valence-electron chi connectivity index (χ3n) is 3.76. The SMILES string of the molecule is N/C(=N/O)C1(NS(=O)(=O)c2ccc(Cl)cc2)CCCCC1. The Kier molecular flexibility index (Phi) is 4.75. The summed E-state index contributed by atoms with van der Waals surface area (Å²) in [6.07, 6.45) is 3.66. The molecule has 0 unspecified atom stereocenters. The van der Waals surface area contributed by atoms with Crippen LogP contribution in [0.1, 0.15) is 32.1 Å². The second-order valence-electron chi connectivity index (χ2n) is 5.19. The number of amidine groups is 1.